The fraction of sp³-hybridized carbons (Fsp3) is 0.480. The Morgan fingerprint density at radius 2 is 1.57 bits per heavy atom. The van der Waals surface area contributed by atoms with Gasteiger partial charge in [0.2, 0.25) is 0 Å². The van der Waals surface area contributed by atoms with Gasteiger partial charge in [-0.05, 0) is 71.6 Å². The SMILES string of the molecule is CCOC(=O)c1ccc(N(C)Cc2ccc3c(c2)C(C)(C)CCC3(C)C)cc1. The molecule has 0 N–H and O–H groups in total. The summed E-state index contributed by atoms with van der Waals surface area (Å²) in [7, 11) is 2.09. The van der Waals surface area contributed by atoms with Crippen LogP contribution in [0.4, 0.5) is 5.69 Å². The van der Waals surface area contributed by atoms with Crippen molar-refractivity contribution in [1.82, 2.24) is 0 Å². The van der Waals surface area contributed by atoms with Crippen LogP contribution in [0.3, 0.4) is 0 Å². The Balaban J connectivity index is 1.80. The zero-order valence-corrected chi connectivity index (χ0v) is 18.1. The summed E-state index contributed by atoms with van der Waals surface area (Å²) in [6.45, 7) is 12.5. The number of fused-ring (bicyclic) bond motifs is 1. The van der Waals surface area contributed by atoms with E-state index in [2.05, 4.69) is 57.8 Å². The van der Waals surface area contributed by atoms with Gasteiger partial charge in [-0.1, -0.05) is 45.9 Å². The van der Waals surface area contributed by atoms with Gasteiger partial charge in [0, 0.05) is 19.3 Å². The lowest BCUT2D eigenvalue weighted by atomic mass is 9.63. The van der Waals surface area contributed by atoms with Crippen molar-refractivity contribution >= 4 is 11.7 Å². The van der Waals surface area contributed by atoms with Crippen LogP contribution in [-0.2, 0) is 22.1 Å². The normalized spacial score (nSPS) is 16.9. The highest BCUT2D eigenvalue weighted by Crippen LogP contribution is 2.46. The van der Waals surface area contributed by atoms with Gasteiger partial charge in [0.05, 0.1) is 12.2 Å². The monoisotopic (exact) mass is 379 g/mol. The number of hydrogen-bond donors (Lipinski definition) is 0. The Bertz CT molecular complexity index is 849. The minimum atomic E-state index is -0.267. The van der Waals surface area contributed by atoms with Crippen LogP contribution in [-0.4, -0.2) is 19.6 Å². The molecule has 0 bridgehead atoms. The number of rotatable bonds is 5. The molecular formula is C25H33NO2. The summed E-state index contributed by atoms with van der Waals surface area (Å²) in [4.78, 5) is 14.1. The molecule has 3 rings (SSSR count). The third-order valence-electron chi connectivity index (χ3n) is 6.16. The maximum absolute atomic E-state index is 11.8. The van der Waals surface area contributed by atoms with E-state index in [9.17, 15) is 4.79 Å². The maximum Gasteiger partial charge on any atom is 0.338 e. The summed E-state index contributed by atoms with van der Waals surface area (Å²) in [6, 6.07) is 14.6. The number of carbonyl (C=O) groups is 1. The molecule has 0 unspecified atom stereocenters. The lowest BCUT2D eigenvalue weighted by Crippen LogP contribution is -2.34. The van der Waals surface area contributed by atoms with Gasteiger partial charge in [-0.2, -0.15) is 0 Å². The van der Waals surface area contributed by atoms with Crippen molar-refractivity contribution in [3.63, 3.8) is 0 Å². The predicted octanol–water partition coefficient (Wildman–Crippen LogP) is 5.85. The maximum atomic E-state index is 11.8. The molecule has 0 heterocycles. The van der Waals surface area contributed by atoms with Crippen molar-refractivity contribution in [2.24, 2.45) is 0 Å². The van der Waals surface area contributed by atoms with Crippen molar-refractivity contribution < 1.29 is 9.53 Å². The molecule has 1 aliphatic rings. The predicted molar refractivity (Wildman–Crippen MR) is 116 cm³/mol. The van der Waals surface area contributed by atoms with Crippen LogP contribution in [0.5, 0.6) is 0 Å². The quantitative estimate of drug-likeness (QED) is 0.610. The molecule has 0 aliphatic heterocycles. The van der Waals surface area contributed by atoms with E-state index >= 15 is 0 Å². The second-order valence-corrected chi connectivity index (χ2v) is 9.27. The molecule has 0 spiro atoms. The fourth-order valence-corrected chi connectivity index (χ4v) is 4.17. The molecule has 0 radical (unpaired) electrons. The molecule has 0 saturated heterocycles. The number of hydrogen-bond acceptors (Lipinski definition) is 3. The standard InChI is InChI=1S/C25H33NO2/c1-7-28-23(27)19-9-11-20(12-10-19)26(6)17-18-8-13-21-22(16-18)25(4,5)15-14-24(21,2)3/h8-13,16H,7,14-15,17H2,1-6H3. The van der Waals surface area contributed by atoms with Crippen molar-refractivity contribution in [2.45, 2.75) is 64.8 Å². The highest BCUT2D eigenvalue weighted by molar-refractivity contribution is 5.89. The first-order valence-corrected chi connectivity index (χ1v) is 10.3. The van der Waals surface area contributed by atoms with Crippen molar-refractivity contribution in [3.05, 3.63) is 64.7 Å². The van der Waals surface area contributed by atoms with E-state index in [-0.39, 0.29) is 16.8 Å². The number of ether oxygens (including phenoxy) is 1. The molecule has 2 aromatic rings. The van der Waals surface area contributed by atoms with E-state index in [1.807, 2.05) is 31.2 Å². The van der Waals surface area contributed by atoms with E-state index in [1.165, 1.54) is 29.5 Å². The van der Waals surface area contributed by atoms with Gasteiger partial charge >= 0.3 is 5.97 Å². The Kier molecular flexibility index (Phi) is 5.56. The Hall–Kier alpha value is -2.29. The smallest absolute Gasteiger partial charge is 0.338 e. The number of benzene rings is 2. The van der Waals surface area contributed by atoms with E-state index < -0.39 is 0 Å². The first kappa shape index (κ1) is 20.4. The summed E-state index contributed by atoms with van der Waals surface area (Å²) in [5, 5.41) is 0. The summed E-state index contributed by atoms with van der Waals surface area (Å²) in [6.07, 6.45) is 2.46. The van der Waals surface area contributed by atoms with Crippen molar-refractivity contribution in [1.29, 1.82) is 0 Å². The summed E-state index contributed by atoms with van der Waals surface area (Å²) in [5.74, 6) is -0.267. The molecule has 0 fully saturated rings. The number of nitrogens with zero attached hydrogens (tertiary/aromatic N) is 1. The Morgan fingerprint density at radius 1 is 0.964 bits per heavy atom. The zero-order valence-electron chi connectivity index (χ0n) is 18.1. The second-order valence-electron chi connectivity index (χ2n) is 9.27. The number of esters is 1. The summed E-state index contributed by atoms with van der Waals surface area (Å²) in [5.41, 5.74) is 6.46. The van der Waals surface area contributed by atoms with Crippen LogP contribution in [0, 0.1) is 0 Å². The molecule has 0 aromatic heterocycles. The summed E-state index contributed by atoms with van der Waals surface area (Å²) >= 11 is 0. The third kappa shape index (κ3) is 4.09. The van der Waals surface area contributed by atoms with Crippen LogP contribution in [0.25, 0.3) is 0 Å². The van der Waals surface area contributed by atoms with Crippen molar-refractivity contribution in [3.8, 4) is 0 Å². The van der Waals surface area contributed by atoms with Gasteiger partial charge in [0.25, 0.3) is 0 Å². The van der Waals surface area contributed by atoms with Gasteiger partial charge in [-0.3, -0.25) is 0 Å². The molecule has 3 heteroatoms. The summed E-state index contributed by atoms with van der Waals surface area (Å²) < 4.78 is 5.06. The van der Waals surface area contributed by atoms with E-state index in [4.69, 9.17) is 4.74 Å². The van der Waals surface area contributed by atoms with Gasteiger partial charge in [-0.15, -0.1) is 0 Å². The molecule has 0 atom stereocenters. The van der Waals surface area contributed by atoms with E-state index in [0.717, 1.165) is 12.2 Å². The highest BCUT2D eigenvalue weighted by Gasteiger charge is 2.36. The topological polar surface area (TPSA) is 29.5 Å². The minimum Gasteiger partial charge on any atom is -0.462 e. The van der Waals surface area contributed by atoms with E-state index in [1.54, 1.807) is 0 Å². The molecule has 150 valence electrons. The Labute approximate surface area is 169 Å². The second kappa shape index (κ2) is 7.62. The van der Waals surface area contributed by atoms with Gasteiger partial charge < -0.3 is 9.64 Å². The van der Waals surface area contributed by atoms with Crippen LogP contribution >= 0.6 is 0 Å². The minimum absolute atomic E-state index is 0.223. The Morgan fingerprint density at radius 3 is 2.18 bits per heavy atom. The number of carbonyl (C=O) groups excluding carboxylic acids is 1. The number of anilines is 1. The van der Waals surface area contributed by atoms with Gasteiger partial charge in [-0.25, -0.2) is 4.79 Å². The average Bonchev–Trinajstić information content (AvgIpc) is 2.66. The third-order valence-corrected chi connectivity index (χ3v) is 6.16. The first-order chi connectivity index (χ1) is 13.1. The zero-order chi connectivity index (χ0) is 20.5. The molecule has 28 heavy (non-hydrogen) atoms. The molecule has 3 nitrogen and oxygen atoms in total. The molecule has 1 aliphatic carbocycles. The molecule has 0 saturated carbocycles. The molecular weight excluding hydrogens is 346 g/mol. The largest absolute Gasteiger partial charge is 0.462 e. The van der Waals surface area contributed by atoms with Crippen LogP contribution < -0.4 is 4.90 Å². The molecule has 0 amide bonds. The van der Waals surface area contributed by atoms with Crippen LogP contribution in [0.2, 0.25) is 0 Å². The lowest BCUT2D eigenvalue weighted by Gasteiger charge is -2.42. The molecule has 2 aromatic carbocycles. The van der Waals surface area contributed by atoms with Crippen molar-refractivity contribution in [2.75, 3.05) is 18.6 Å². The van der Waals surface area contributed by atoms with Gasteiger partial charge in [0.15, 0.2) is 0 Å². The lowest BCUT2D eigenvalue weighted by molar-refractivity contribution is 0.0526. The van der Waals surface area contributed by atoms with E-state index in [0.29, 0.717) is 12.2 Å². The highest BCUT2D eigenvalue weighted by atomic mass is 16.5. The van der Waals surface area contributed by atoms with Gasteiger partial charge in [0.1, 0.15) is 0 Å². The first-order valence-electron chi connectivity index (χ1n) is 10.3. The van der Waals surface area contributed by atoms with Crippen LogP contribution in [0.1, 0.15) is 74.5 Å². The fourth-order valence-electron chi connectivity index (χ4n) is 4.17. The average molecular weight is 380 g/mol. The van der Waals surface area contributed by atoms with Crippen LogP contribution in [0.15, 0.2) is 42.5 Å².